The lowest BCUT2D eigenvalue weighted by molar-refractivity contribution is -0.124. The van der Waals surface area contributed by atoms with Crippen molar-refractivity contribution in [1.29, 1.82) is 0 Å². The van der Waals surface area contributed by atoms with E-state index in [0.29, 0.717) is 0 Å². The van der Waals surface area contributed by atoms with Crippen molar-refractivity contribution in [3.8, 4) is 0 Å². The molecule has 1 rings (SSSR count). The quantitative estimate of drug-likeness (QED) is 0.474. The molecule has 0 aromatic rings. The minimum Gasteiger partial charge on any atom is -0.309 e. The van der Waals surface area contributed by atoms with E-state index in [9.17, 15) is 14.5 Å². The molecule has 1 saturated heterocycles. The van der Waals surface area contributed by atoms with Gasteiger partial charge in [0, 0.05) is 7.05 Å². The van der Waals surface area contributed by atoms with Crippen molar-refractivity contribution < 1.29 is 9.59 Å². The standard InChI is InChI=1S/C5H8N4O3/c1-9-3(6)2(8-12)4(10)7-5(9)11/h2-3H,6H2,1H3,(H,7,10,11). The number of carbonyl (C=O) groups excluding carboxylic acids is 2. The predicted octanol–water partition coefficient (Wildman–Crippen LogP) is -1.41. The van der Waals surface area contributed by atoms with Crippen LogP contribution < -0.4 is 11.1 Å². The summed E-state index contributed by atoms with van der Waals surface area (Å²) < 4.78 is 0. The highest BCUT2D eigenvalue weighted by Crippen LogP contribution is 2.06. The van der Waals surface area contributed by atoms with Crippen LogP contribution in [0.3, 0.4) is 0 Å². The van der Waals surface area contributed by atoms with Crippen LogP contribution in [0.2, 0.25) is 0 Å². The Balaban J connectivity index is 2.86. The monoisotopic (exact) mass is 172 g/mol. The zero-order valence-corrected chi connectivity index (χ0v) is 6.35. The van der Waals surface area contributed by atoms with E-state index in [1.54, 1.807) is 0 Å². The SMILES string of the molecule is CN1C(=O)NC(=O)C(N=O)C1N. The zero-order chi connectivity index (χ0) is 9.30. The van der Waals surface area contributed by atoms with E-state index in [1.165, 1.54) is 7.05 Å². The first-order valence-electron chi connectivity index (χ1n) is 3.23. The Kier molecular flexibility index (Phi) is 2.05. The van der Waals surface area contributed by atoms with E-state index in [0.717, 1.165) is 4.90 Å². The molecule has 0 radical (unpaired) electrons. The van der Waals surface area contributed by atoms with Crippen molar-refractivity contribution in [2.45, 2.75) is 12.2 Å². The second-order valence-electron chi connectivity index (χ2n) is 2.45. The molecule has 2 atom stereocenters. The maximum Gasteiger partial charge on any atom is 0.325 e. The molecule has 0 aromatic heterocycles. The third-order valence-corrected chi connectivity index (χ3v) is 1.70. The van der Waals surface area contributed by atoms with Gasteiger partial charge in [-0.3, -0.25) is 10.1 Å². The summed E-state index contributed by atoms with van der Waals surface area (Å²) in [6.07, 6.45) is -0.969. The minimum atomic E-state index is -1.22. The van der Waals surface area contributed by atoms with Gasteiger partial charge >= 0.3 is 6.03 Å². The summed E-state index contributed by atoms with van der Waals surface area (Å²) in [5.74, 6) is -0.749. The summed E-state index contributed by atoms with van der Waals surface area (Å²) in [7, 11) is 1.38. The summed E-state index contributed by atoms with van der Waals surface area (Å²) in [6, 6.07) is -1.83. The highest BCUT2D eigenvalue weighted by Gasteiger charge is 2.38. The van der Waals surface area contributed by atoms with Gasteiger partial charge in [-0.25, -0.2) is 4.79 Å². The third kappa shape index (κ3) is 1.14. The van der Waals surface area contributed by atoms with Crippen molar-refractivity contribution in [1.82, 2.24) is 10.2 Å². The molecule has 1 heterocycles. The van der Waals surface area contributed by atoms with Crippen LogP contribution >= 0.6 is 0 Å². The number of carbonyl (C=O) groups is 2. The molecule has 1 fully saturated rings. The largest absolute Gasteiger partial charge is 0.325 e. The molecule has 0 saturated carbocycles. The van der Waals surface area contributed by atoms with E-state index in [4.69, 9.17) is 5.73 Å². The van der Waals surface area contributed by atoms with Crippen LogP contribution in [-0.4, -0.2) is 36.1 Å². The minimum absolute atomic E-state index is 0.618. The topological polar surface area (TPSA) is 105 Å². The molecule has 3 amide bonds. The number of nitrogens with zero attached hydrogens (tertiary/aromatic N) is 2. The maximum absolute atomic E-state index is 10.9. The first-order valence-corrected chi connectivity index (χ1v) is 3.23. The molecule has 7 nitrogen and oxygen atoms in total. The highest BCUT2D eigenvalue weighted by atomic mass is 16.3. The molecule has 66 valence electrons. The van der Waals surface area contributed by atoms with Crippen LogP contribution in [0.15, 0.2) is 5.18 Å². The van der Waals surface area contributed by atoms with E-state index >= 15 is 0 Å². The van der Waals surface area contributed by atoms with Crippen molar-refractivity contribution >= 4 is 11.9 Å². The Morgan fingerprint density at radius 1 is 1.58 bits per heavy atom. The molecule has 3 N–H and O–H groups in total. The van der Waals surface area contributed by atoms with Gasteiger partial charge in [-0.05, 0) is 0 Å². The molecule has 0 aromatic carbocycles. The molecule has 0 spiro atoms. The lowest BCUT2D eigenvalue weighted by atomic mass is 10.2. The summed E-state index contributed by atoms with van der Waals surface area (Å²) >= 11 is 0. The van der Waals surface area contributed by atoms with Crippen molar-refractivity contribution in [2.75, 3.05) is 7.05 Å². The number of nitroso groups, excluding NO2 is 1. The molecule has 12 heavy (non-hydrogen) atoms. The van der Waals surface area contributed by atoms with Crippen LogP contribution in [-0.2, 0) is 4.79 Å². The molecule has 7 heteroatoms. The van der Waals surface area contributed by atoms with E-state index in [2.05, 4.69) is 5.18 Å². The van der Waals surface area contributed by atoms with Crippen molar-refractivity contribution in [3.63, 3.8) is 0 Å². The first-order chi connectivity index (χ1) is 5.57. The smallest absolute Gasteiger partial charge is 0.309 e. The van der Waals surface area contributed by atoms with Gasteiger partial charge < -0.3 is 10.6 Å². The number of amides is 3. The van der Waals surface area contributed by atoms with Gasteiger partial charge in [0.05, 0.1) is 0 Å². The number of hydrogen-bond acceptors (Lipinski definition) is 5. The van der Waals surface area contributed by atoms with Crippen LogP contribution in [0.4, 0.5) is 4.79 Å². The Morgan fingerprint density at radius 2 is 2.17 bits per heavy atom. The Hall–Kier alpha value is -1.50. The zero-order valence-electron chi connectivity index (χ0n) is 6.35. The molecule has 1 aliphatic heterocycles. The van der Waals surface area contributed by atoms with E-state index < -0.39 is 24.1 Å². The van der Waals surface area contributed by atoms with Crippen LogP contribution in [0.25, 0.3) is 0 Å². The second kappa shape index (κ2) is 2.86. The Morgan fingerprint density at radius 3 is 2.67 bits per heavy atom. The average molecular weight is 172 g/mol. The van der Waals surface area contributed by atoms with Gasteiger partial charge in [-0.1, -0.05) is 5.18 Å². The molecular formula is C5H8N4O3. The van der Waals surface area contributed by atoms with Gasteiger partial charge in [0.1, 0.15) is 6.17 Å². The van der Waals surface area contributed by atoms with Crippen LogP contribution in [0.1, 0.15) is 0 Å². The van der Waals surface area contributed by atoms with E-state index in [1.807, 2.05) is 5.32 Å². The maximum atomic E-state index is 10.9. The number of hydrogen-bond donors (Lipinski definition) is 2. The molecule has 1 aliphatic rings. The lowest BCUT2D eigenvalue weighted by Gasteiger charge is -2.31. The normalized spacial score (nSPS) is 30.0. The van der Waals surface area contributed by atoms with Crippen molar-refractivity contribution in [3.05, 3.63) is 4.91 Å². The summed E-state index contributed by atoms with van der Waals surface area (Å²) in [4.78, 5) is 32.9. The number of imide groups is 1. The summed E-state index contributed by atoms with van der Waals surface area (Å²) in [5, 5.41) is 4.45. The fourth-order valence-corrected chi connectivity index (χ4v) is 0.880. The van der Waals surface area contributed by atoms with E-state index in [-0.39, 0.29) is 0 Å². The Bertz CT molecular complexity index is 241. The van der Waals surface area contributed by atoms with Gasteiger partial charge in [0.2, 0.25) is 6.04 Å². The third-order valence-electron chi connectivity index (χ3n) is 1.70. The lowest BCUT2D eigenvalue weighted by Crippen LogP contribution is -2.64. The van der Waals surface area contributed by atoms with Crippen molar-refractivity contribution in [2.24, 2.45) is 10.9 Å². The molecular weight excluding hydrogens is 164 g/mol. The van der Waals surface area contributed by atoms with Gasteiger partial charge in [0.15, 0.2) is 0 Å². The fraction of sp³-hybridized carbons (Fsp3) is 0.600. The van der Waals surface area contributed by atoms with Gasteiger partial charge in [-0.15, -0.1) is 4.91 Å². The van der Waals surface area contributed by atoms with Gasteiger partial charge in [0.25, 0.3) is 5.91 Å². The summed E-state index contributed by atoms with van der Waals surface area (Å²) in [5.41, 5.74) is 5.36. The number of urea groups is 1. The van der Waals surface area contributed by atoms with Gasteiger partial charge in [-0.2, -0.15) is 0 Å². The summed E-state index contributed by atoms with van der Waals surface area (Å²) in [6.45, 7) is 0. The molecule has 0 aliphatic carbocycles. The first kappa shape index (κ1) is 8.60. The number of nitrogens with two attached hydrogens (primary N) is 1. The molecule has 2 unspecified atom stereocenters. The predicted molar refractivity (Wildman–Crippen MR) is 38.9 cm³/mol. The number of likely N-dealkylation sites (N-methyl/N-ethyl adjacent to an activating group) is 1. The Labute approximate surface area is 67.9 Å². The van der Waals surface area contributed by atoms with Crippen LogP contribution in [0.5, 0.6) is 0 Å². The number of rotatable bonds is 1. The average Bonchev–Trinajstić information content (AvgIpc) is 2.01. The fourth-order valence-electron chi connectivity index (χ4n) is 0.880. The second-order valence-corrected chi connectivity index (χ2v) is 2.45. The highest BCUT2D eigenvalue weighted by molar-refractivity contribution is 6.00. The molecule has 0 bridgehead atoms. The van der Waals surface area contributed by atoms with Crippen LogP contribution in [0, 0.1) is 4.91 Å². The number of nitrogens with one attached hydrogen (secondary N) is 1.